The van der Waals surface area contributed by atoms with E-state index in [1.165, 1.54) is 23.0 Å². The van der Waals surface area contributed by atoms with E-state index >= 15 is 0 Å². The Labute approximate surface area is 193 Å². The number of fused-ring (bicyclic) bond motifs is 1. The van der Waals surface area contributed by atoms with Crippen LogP contribution in [-0.2, 0) is 16.9 Å². The first-order valence-electron chi connectivity index (χ1n) is 10.3. The molecule has 1 amide bonds. The van der Waals surface area contributed by atoms with Crippen molar-refractivity contribution >= 4 is 26.9 Å². The molecule has 0 radical (unpaired) electrons. The molecule has 0 aliphatic carbocycles. The van der Waals surface area contributed by atoms with Gasteiger partial charge in [0.1, 0.15) is 15.4 Å². The van der Waals surface area contributed by atoms with Gasteiger partial charge in [-0.2, -0.15) is 4.98 Å². The van der Waals surface area contributed by atoms with E-state index in [9.17, 15) is 22.0 Å². The number of carbonyl (C=O) groups is 1. The standard InChI is InChI=1S/C20H22F2N6O5S/c1-20(5-9-34(30,31)10-6-20)27-17(29)16-25-12-3-4-14(26-15(12)28(16)2)33-19-18(23-7-8-24-19)32-11-13(21)22/h3-4,7-8,13H,5-6,9-11H2,1-2H3,(H,27,29). The Kier molecular flexibility index (Phi) is 6.34. The molecule has 4 heterocycles. The number of nitrogens with zero attached hydrogens (tertiary/aromatic N) is 5. The summed E-state index contributed by atoms with van der Waals surface area (Å²) in [5.41, 5.74) is 0.0886. The van der Waals surface area contributed by atoms with Crippen LogP contribution in [0.2, 0.25) is 0 Å². The van der Waals surface area contributed by atoms with Crippen molar-refractivity contribution in [2.75, 3.05) is 18.1 Å². The number of nitrogens with one attached hydrogen (secondary N) is 1. The Balaban J connectivity index is 1.54. The van der Waals surface area contributed by atoms with Crippen LogP contribution in [0.3, 0.4) is 0 Å². The van der Waals surface area contributed by atoms with Crippen LogP contribution in [0.4, 0.5) is 8.78 Å². The Morgan fingerprint density at radius 1 is 1.18 bits per heavy atom. The van der Waals surface area contributed by atoms with Crippen LogP contribution < -0.4 is 14.8 Å². The molecule has 14 heteroatoms. The van der Waals surface area contributed by atoms with E-state index in [0.29, 0.717) is 24.0 Å². The molecular weight excluding hydrogens is 474 g/mol. The molecule has 3 aromatic rings. The highest BCUT2D eigenvalue weighted by molar-refractivity contribution is 7.91. The number of aromatic nitrogens is 5. The molecular formula is C20H22F2N6O5S. The number of ether oxygens (including phenoxy) is 2. The van der Waals surface area contributed by atoms with Gasteiger partial charge in [-0.25, -0.2) is 32.2 Å². The van der Waals surface area contributed by atoms with Crippen LogP contribution in [0.1, 0.15) is 30.4 Å². The highest BCUT2D eigenvalue weighted by Gasteiger charge is 2.35. The molecule has 1 saturated heterocycles. The van der Waals surface area contributed by atoms with Gasteiger partial charge in [0.2, 0.25) is 11.7 Å². The van der Waals surface area contributed by atoms with E-state index in [0.717, 1.165) is 0 Å². The Morgan fingerprint density at radius 3 is 2.53 bits per heavy atom. The number of pyridine rings is 1. The number of carbonyl (C=O) groups excluding carboxylic acids is 1. The third kappa shape index (κ3) is 5.21. The summed E-state index contributed by atoms with van der Waals surface area (Å²) >= 11 is 0. The van der Waals surface area contributed by atoms with Gasteiger partial charge in [-0.05, 0) is 25.8 Å². The first-order valence-corrected chi connectivity index (χ1v) is 12.1. The Morgan fingerprint density at radius 2 is 1.85 bits per heavy atom. The molecule has 1 N–H and O–H groups in total. The lowest BCUT2D eigenvalue weighted by Gasteiger charge is -2.34. The molecule has 1 aliphatic rings. The lowest BCUT2D eigenvalue weighted by Crippen LogP contribution is -2.51. The van der Waals surface area contributed by atoms with Crippen LogP contribution in [-0.4, -0.2) is 68.9 Å². The fourth-order valence-corrected chi connectivity index (χ4v) is 5.20. The van der Waals surface area contributed by atoms with E-state index in [1.807, 2.05) is 0 Å². The van der Waals surface area contributed by atoms with Gasteiger partial charge in [0.15, 0.2) is 12.3 Å². The summed E-state index contributed by atoms with van der Waals surface area (Å²) in [6.07, 6.45) is 0.527. The smallest absolute Gasteiger partial charge is 0.287 e. The largest absolute Gasteiger partial charge is 0.468 e. The van der Waals surface area contributed by atoms with E-state index in [2.05, 4.69) is 25.3 Å². The highest BCUT2D eigenvalue weighted by atomic mass is 32.2. The first kappa shape index (κ1) is 23.7. The van der Waals surface area contributed by atoms with Crippen molar-refractivity contribution in [1.82, 2.24) is 29.8 Å². The predicted molar refractivity (Wildman–Crippen MR) is 116 cm³/mol. The van der Waals surface area contributed by atoms with Crippen molar-refractivity contribution in [3.63, 3.8) is 0 Å². The third-order valence-corrected chi connectivity index (χ3v) is 7.07. The predicted octanol–water partition coefficient (Wildman–Crippen LogP) is 1.89. The summed E-state index contributed by atoms with van der Waals surface area (Å²) in [6.45, 7) is 0.938. The molecule has 0 bridgehead atoms. The molecule has 0 spiro atoms. The molecule has 1 fully saturated rings. The fourth-order valence-electron chi connectivity index (χ4n) is 3.47. The van der Waals surface area contributed by atoms with Gasteiger partial charge in [-0.15, -0.1) is 0 Å². The number of rotatable bonds is 7. The second-order valence-corrected chi connectivity index (χ2v) is 10.4. The van der Waals surface area contributed by atoms with Crippen molar-refractivity contribution in [3.05, 3.63) is 30.4 Å². The molecule has 182 valence electrons. The molecule has 0 saturated carbocycles. The van der Waals surface area contributed by atoms with Crippen molar-refractivity contribution in [2.24, 2.45) is 7.05 Å². The average molecular weight is 496 g/mol. The zero-order valence-electron chi connectivity index (χ0n) is 18.4. The molecule has 0 atom stereocenters. The van der Waals surface area contributed by atoms with Gasteiger partial charge >= 0.3 is 0 Å². The van der Waals surface area contributed by atoms with Crippen molar-refractivity contribution in [1.29, 1.82) is 0 Å². The molecule has 0 aromatic carbocycles. The number of alkyl halides is 2. The van der Waals surface area contributed by atoms with Crippen molar-refractivity contribution in [3.8, 4) is 17.6 Å². The van der Waals surface area contributed by atoms with E-state index in [4.69, 9.17) is 9.47 Å². The summed E-state index contributed by atoms with van der Waals surface area (Å²) < 4.78 is 60.4. The van der Waals surface area contributed by atoms with Gasteiger partial charge < -0.3 is 19.4 Å². The van der Waals surface area contributed by atoms with Crippen molar-refractivity contribution < 1.29 is 31.5 Å². The summed E-state index contributed by atoms with van der Waals surface area (Å²) in [4.78, 5) is 29.4. The van der Waals surface area contributed by atoms with Crippen LogP contribution in [0, 0.1) is 0 Å². The van der Waals surface area contributed by atoms with Crippen LogP contribution >= 0.6 is 0 Å². The van der Waals surface area contributed by atoms with Gasteiger partial charge in [-0.3, -0.25) is 4.79 Å². The number of halogens is 2. The number of sulfone groups is 1. The summed E-state index contributed by atoms with van der Waals surface area (Å²) in [5.74, 6) is -0.627. The normalized spacial score (nSPS) is 17.0. The number of aryl methyl sites for hydroxylation is 1. The maximum atomic E-state index is 12.9. The second kappa shape index (κ2) is 9.08. The molecule has 1 aliphatic heterocycles. The highest BCUT2D eigenvalue weighted by Crippen LogP contribution is 2.28. The molecule has 0 unspecified atom stereocenters. The van der Waals surface area contributed by atoms with Crippen LogP contribution in [0.5, 0.6) is 17.6 Å². The lowest BCUT2D eigenvalue weighted by atomic mass is 9.95. The summed E-state index contributed by atoms with van der Waals surface area (Å²) in [7, 11) is -1.47. The number of imidazole rings is 1. The molecule has 3 aromatic heterocycles. The number of amides is 1. The average Bonchev–Trinajstić information content (AvgIpc) is 3.12. The minimum Gasteiger partial charge on any atom is -0.468 e. The summed E-state index contributed by atoms with van der Waals surface area (Å²) in [5, 5.41) is 2.89. The van der Waals surface area contributed by atoms with Gasteiger partial charge in [0.25, 0.3) is 24.1 Å². The van der Waals surface area contributed by atoms with Crippen LogP contribution in [0.25, 0.3) is 11.2 Å². The minimum absolute atomic E-state index is 0.0139. The number of hydrogen-bond donors (Lipinski definition) is 1. The maximum Gasteiger partial charge on any atom is 0.287 e. The minimum atomic E-state index is -3.08. The zero-order chi connectivity index (χ0) is 24.5. The molecule has 11 nitrogen and oxygen atoms in total. The second-order valence-electron chi connectivity index (χ2n) is 8.12. The first-order chi connectivity index (χ1) is 16.1. The van der Waals surface area contributed by atoms with E-state index < -0.39 is 34.3 Å². The SMILES string of the molecule is Cn1c(C(=O)NC2(C)CCS(=O)(=O)CC2)nc2ccc(Oc3nccnc3OCC(F)F)nc21. The monoisotopic (exact) mass is 496 g/mol. The van der Waals surface area contributed by atoms with Gasteiger partial charge in [-0.1, -0.05) is 0 Å². The quantitative estimate of drug-likeness (QED) is 0.520. The summed E-state index contributed by atoms with van der Waals surface area (Å²) in [6, 6.07) is 3.06. The molecule has 34 heavy (non-hydrogen) atoms. The third-order valence-electron chi connectivity index (χ3n) is 5.42. The van der Waals surface area contributed by atoms with E-state index in [1.54, 1.807) is 20.0 Å². The maximum absolute atomic E-state index is 12.9. The van der Waals surface area contributed by atoms with Crippen molar-refractivity contribution in [2.45, 2.75) is 31.7 Å². The zero-order valence-corrected chi connectivity index (χ0v) is 19.2. The lowest BCUT2D eigenvalue weighted by molar-refractivity contribution is 0.0778. The van der Waals surface area contributed by atoms with E-state index in [-0.39, 0.29) is 35.0 Å². The number of hydrogen-bond acceptors (Lipinski definition) is 9. The topological polar surface area (TPSA) is 138 Å². The van der Waals surface area contributed by atoms with Crippen LogP contribution in [0.15, 0.2) is 24.5 Å². The van der Waals surface area contributed by atoms with Gasteiger partial charge in [0, 0.05) is 31.0 Å². The fraction of sp³-hybridized carbons (Fsp3) is 0.450. The molecule has 4 rings (SSSR count). The Bertz CT molecular complexity index is 1320. The van der Waals surface area contributed by atoms with Gasteiger partial charge in [0.05, 0.1) is 11.5 Å². The Hall–Kier alpha value is -3.42.